The van der Waals surface area contributed by atoms with Crippen molar-refractivity contribution in [1.82, 2.24) is 14.7 Å². The Balaban J connectivity index is 1.68. The molecule has 3 rings (SSSR count). The number of piperidine rings is 1. The Morgan fingerprint density at radius 2 is 1.96 bits per heavy atom. The molecule has 8 heteroatoms. The molecule has 2 aromatic rings. The second kappa shape index (κ2) is 8.20. The van der Waals surface area contributed by atoms with Gasteiger partial charge in [0.15, 0.2) is 8.29 Å². The molecule has 4 nitrogen and oxygen atoms in total. The molecule has 1 fully saturated rings. The summed E-state index contributed by atoms with van der Waals surface area (Å²) >= 11 is 14.2. The van der Waals surface area contributed by atoms with Gasteiger partial charge in [-0.3, -0.25) is 4.79 Å². The summed E-state index contributed by atoms with van der Waals surface area (Å²) in [4.78, 5) is 14.7. The van der Waals surface area contributed by atoms with Gasteiger partial charge in [-0.25, -0.2) is 4.68 Å². The molecule has 0 N–H and O–H groups in total. The predicted molar refractivity (Wildman–Crippen MR) is 108 cm³/mol. The zero-order valence-electron chi connectivity index (χ0n) is 14.1. The van der Waals surface area contributed by atoms with E-state index in [0.717, 1.165) is 22.9 Å². The van der Waals surface area contributed by atoms with E-state index in [1.807, 2.05) is 29.2 Å². The Kier molecular flexibility index (Phi) is 6.20. The van der Waals surface area contributed by atoms with E-state index in [9.17, 15) is 4.79 Å². The summed E-state index contributed by atoms with van der Waals surface area (Å²) < 4.78 is 3.19. The van der Waals surface area contributed by atoms with Gasteiger partial charge in [-0.2, -0.15) is 0 Å². The van der Waals surface area contributed by atoms with Crippen LogP contribution in [0.4, 0.5) is 0 Å². The van der Waals surface area contributed by atoms with Gasteiger partial charge in [0.05, 0.1) is 11.4 Å². The van der Waals surface area contributed by atoms with Gasteiger partial charge < -0.3 is 4.90 Å². The molecule has 1 aliphatic rings. The summed E-state index contributed by atoms with van der Waals surface area (Å²) in [7, 11) is 0. The smallest absolute Gasteiger partial charge is 0.233 e. The van der Waals surface area contributed by atoms with Crippen LogP contribution in [0.5, 0.6) is 0 Å². The Labute approximate surface area is 166 Å². The first-order chi connectivity index (χ1) is 12.0. The van der Waals surface area contributed by atoms with Crippen LogP contribution in [0.2, 0.25) is 5.02 Å². The first-order valence-corrected chi connectivity index (χ1v) is 10.8. The van der Waals surface area contributed by atoms with Crippen LogP contribution in [0.25, 0.3) is 5.69 Å². The van der Waals surface area contributed by atoms with Gasteiger partial charge in [-0.15, -0.1) is 5.10 Å². The maximum atomic E-state index is 12.6. The van der Waals surface area contributed by atoms with Crippen LogP contribution < -0.4 is 0 Å². The van der Waals surface area contributed by atoms with Gasteiger partial charge in [0.25, 0.3) is 0 Å². The molecule has 1 aromatic heterocycles. The highest BCUT2D eigenvalue weighted by Crippen LogP contribution is 2.27. The molecule has 0 spiro atoms. The number of hydrogen-bond donors (Lipinski definition) is 0. The quantitative estimate of drug-likeness (QED) is 0.510. The van der Waals surface area contributed by atoms with E-state index >= 15 is 0 Å². The molecule has 1 aliphatic heterocycles. The summed E-state index contributed by atoms with van der Waals surface area (Å²) in [6, 6.07) is 8.03. The van der Waals surface area contributed by atoms with Crippen molar-refractivity contribution in [1.29, 1.82) is 0 Å². The summed E-state index contributed by atoms with van der Waals surface area (Å²) in [6.07, 6.45) is 3.38. The number of rotatable bonds is 4. The molecule has 134 valence electrons. The molecule has 0 saturated carbocycles. The van der Waals surface area contributed by atoms with E-state index < -0.39 is 0 Å². The molecule has 0 aliphatic carbocycles. The minimum Gasteiger partial charge on any atom is -0.337 e. The van der Waals surface area contributed by atoms with Crippen molar-refractivity contribution in [2.75, 3.05) is 5.75 Å². The monoisotopic (exact) mass is 413 g/mol. The topological polar surface area (TPSA) is 38.1 Å². The molecule has 1 saturated heterocycles. The van der Waals surface area contributed by atoms with Crippen LogP contribution in [0, 0.1) is 3.95 Å². The summed E-state index contributed by atoms with van der Waals surface area (Å²) in [5, 5.41) is 5.22. The van der Waals surface area contributed by atoms with Gasteiger partial charge in [-0.1, -0.05) is 34.7 Å². The first kappa shape index (κ1) is 18.9. The Morgan fingerprint density at radius 1 is 1.32 bits per heavy atom. The number of hydrogen-bond acceptors (Lipinski definition) is 5. The van der Waals surface area contributed by atoms with Gasteiger partial charge in [-0.05, 0) is 69.6 Å². The van der Waals surface area contributed by atoms with Gasteiger partial charge in [0, 0.05) is 17.1 Å². The Morgan fingerprint density at radius 3 is 2.60 bits per heavy atom. The van der Waals surface area contributed by atoms with Crippen LogP contribution in [-0.2, 0) is 4.79 Å². The molecule has 1 aromatic carbocycles. The SMILES string of the molecule is CC1CCCC(C)N1C(=O)CSc1nn(-c2ccc(Cl)cc2)c(=S)s1. The third-order valence-electron chi connectivity index (χ3n) is 4.40. The van der Waals surface area contributed by atoms with E-state index in [4.69, 9.17) is 23.8 Å². The van der Waals surface area contributed by atoms with Crippen LogP contribution in [0.3, 0.4) is 0 Å². The molecule has 25 heavy (non-hydrogen) atoms. The van der Waals surface area contributed by atoms with Crippen molar-refractivity contribution in [2.24, 2.45) is 0 Å². The summed E-state index contributed by atoms with van der Waals surface area (Å²) in [5.74, 6) is 0.585. The van der Waals surface area contributed by atoms with Crippen LogP contribution in [-0.4, -0.2) is 38.4 Å². The predicted octanol–water partition coefficient (Wildman–Crippen LogP) is 5.20. The average Bonchev–Trinajstić information content (AvgIpc) is 2.94. The number of nitrogens with zero attached hydrogens (tertiary/aromatic N) is 3. The lowest BCUT2D eigenvalue weighted by Gasteiger charge is -2.39. The fraction of sp³-hybridized carbons (Fsp3) is 0.471. The number of thioether (sulfide) groups is 1. The molecule has 1 amide bonds. The van der Waals surface area contributed by atoms with E-state index in [-0.39, 0.29) is 5.91 Å². The fourth-order valence-corrected chi connectivity index (χ4v) is 5.53. The minimum absolute atomic E-state index is 0.184. The van der Waals surface area contributed by atoms with E-state index in [0.29, 0.717) is 26.8 Å². The molecule has 2 heterocycles. The number of likely N-dealkylation sites (tertiary alicyclic amines) is 1. The van der Waals surface area contributed by atoms with Crippen molar-refractivity contribution in [3.63, 3.8) is 0 Å². The lowest BCUT2D eigenvalue weighted by atomic mass is 9.98. The summed E-state index contributed by atoms with van der Waals surface area (Å²) in [6.45, 7) is 4.27. The third kappa shape index (κ3) is 4.45. The summed E-state index contributed by atoms with van der Waals surface area (Å²) in [5.41, 5.74) is 0.877. The van der Waals surface area contributed by atoms with E-state index in [1.165, 1.54) is 29.5 Å². The van der Waals surface area contributed by atoms with Crippen LogP contribution in [0.15, 0.2) is 28.6 Å². The zero-order valence-corrected chi connectivity index (χ0v) is 17.4. The minimum atomic E-state index is 0.184. The van der Waals surface area contributed by atoms with Gasteiger partial charge in [0.1, 0.15) is 0 Å². The molecule has 2 unspecified atom stereocenters. The van der Waals surface area contributed by atoms with Crippen molar-refractivity contribution >= 4 is 52.8 Å². The first-order valence-electron chi connectivity index (χ1n) is 8.26. The fourth-order valence-electron chi connectivity index (χ4n) is 3.18. The molecular weight excluding hydrogens is 394 g/mol. The van der Waals surface area contributed by atoms with Crippen LogP contribution in [0.1, 0.15) is 33.1 Å². The Hall–Kier alpha value is -0.890. The number of carbonyl (C=O) groups is 1. The normalized spacial score (nSPS) is 20.7. The number of benzene rings is 1. The lowest BCUT2D eigenvalue weighted by Crippen LogP contribution is -2.48. The molecule has 2 atom stereocenters. The molecule has 0 bridgehead atoms. The van der Waals surface area contributed by atoms with E-state index in [2.05, 4.69) is 18.9 Å². The Bertz CT molecular complexity index is 792. The maximum Gasteiger partial charge on any atom is 0.233 e. The van der Waals surface area contributed by atoms with Crippen LogP contribution >= 0.6 is 46.9 Å². The van der Waals surface area contributed by atoms with Gasteiger partial charge >= 0.3 is 0 Å². The van der Waals surface area contributed by atoms with Crippen molar-refractivity contribution in [2.45, 2.75) is 49.5 Å². The average molecular weight is 414 g/mol. The largest absolute Gasteiger partial charge is 0.337 e. The second-order valence-electron chi connectivity index (χ2n) is 6.24. The molecule has 0 radical (unpaired) electrons. The highest BCUT2D eigenvalue weighted by atomic mass is 35.5. The third-order valence-corrected chi connectivity index (χ3v) is 7.00. The number of aromatic nitrogens is 2. The standard InChI is InChI=1S/C17H20ClN3OS3/c1-11-4-3-5-12(2)20(11)15(22)10-24-16-19-21(17(23)25-16)14-8-6-13(18)7-9-14/h6-9,11-12H,3-5,10H2,1-2H3. The highest BCUT2D eigenvalue weighted by molar-refractivity contribution is 8.01. The zero-order chi connectivity index (χ0) is 18.0. The number of carbonyl (C=O) groups excluding carboxylic acids is 1. The number of amides is 1. The van der Waals surface area contributed by atoms with E-state index in [1.54, 1.807) is 4.68 Å². The van der Waals surface area contributed by atoms with Crippen molar-refractivity contribution in [3.05, 3.63) is 33.2 Å². The number of halogens is 1. The maximum absolute atomic E-state index is 12.6. The molecular formula is C17H20ClN3OS3. The van der Waals surface area contributed by atoms with Crippen molar-refractivity contribution in [3.8, 4) is 5.69 Å². The highest BCUT2D eigenvalue weighted by Gasteiger charge is 2.28. The second-order valence-corrected chi connectivity index (χ2v) is 9.52. The van der Waals surface area contributed by atoms with Gasteiger partial charge in [0.2, 0.25) is 5.91 Å². The van der Waals surface area contributed by atoms with Crippen molar-refractivity contribution < 1.29 is 4.79 Å². The lowest BCUT2D eigenvalue weighted by molar-refractivity contribution is -0.134.